The SMILES string of the molecule is N#Cc1ccc(-n2c(CCCl)nc3c(F)cccc32)cc1. The molecule has 0 aliphatic rings. The smallest absolute Gasteiger partial charge is 0.151 e. The largest absolute Gasteiger partial charge is 0.296 e. The van der Waals surface area contributed by atoms with E-state index in [4.69, 9.17) is 16.9 Å². The summed E-state index contributed by atoms with van der Waals surface area (Å²) in [5.74, 6) is 0.756. The third kappa shape index (κ3) is 2.37. The van der Waals surface area contributed by atoms with Gasteiger partial charge in [0.05, 0.1) is 17.1 Å². The molecule has 0 fully saturated rings. The molecule has 0 saturated heterocycles. The van der Waals surface area contributed by atoms with Crippen LogP contribution in [0.15, 0.2) is 42.5 Å². The minimum absolute atomic E-state index is 0.335. The maximum Gasteiger partial charge on any atom is 0.151 e. The van der Waals surface area contributed by atoms with Gasteiger partial charge in [0, 0.05) is 18.0 Å². The molecule has 0 spiro atoms. The number of nitrogens with zero attached hydrogens (tertiary/aromatic N) is 3. The summed E-state index contributed by atoms with van der Waals surface area (Å²) in [6.07, 6.45) is 0.537. The summed E-state index contributed by atoms with van der Waals surface area (Å²) < 4.78 is 15.8. The predicted molar refractivity (Wildman–Crippen MR) is 80.2 cm³/mol. The molecule has 1 heterocycles. The molecule has 0 amide bonds. The number of halogens is 2. The van der Waals surface area contributed by atoms with E-state index >= 15 is 0 Å². The first-order valence-corrected chi connectivity index (χ1v) is 7.00. The second-order valence-electron chi connectivity index (χ2n) is 4.57. The van der Waals surface area contributed by atoms with Crippen molar-refractivity contribution in [2.75, 3.05) is 5.88 Å². The Kier molecular flexibility index (Phi) is 3.59. The van der Waals surface area contributed by atoms with Gasteiger partial charge in [-0.2, -0.15) is 5.26 Å². The van der Waals surface area contributed by atoms with Crippen molar-refractivity contribution >= 4 is 22.6 Å². The fourth-order valence-electron chi connectivity index (χ4n) is 2.34. The van der Waals surface area contributed by atoms with Crippen LogP contribution in [0.2, 0.25) is 0 Å². The van der Waals surface area contributed by atoms with Gasteiger partial charge in [-0.05, 0) is 36.4 Å². The molecule has 0 saturated carbocycles. The van der Waals surface area contributed by atoms with Crippen LogP contribution in [-0.2, 0) is 6.42 Å². The van der Waals surface area contributed by atoms with Crippen LogP contribution in [0.3, 0.4) is 0 Å². The van der Waals surface area contributed by atoms with Crippen molar-refractivity contribution in [3.63, 3.8) is 0 Å². The van der Waals surface area contributed by atoms with Crippen LogP contribution in [0.4, 0.5) is 4.39 Å². The molecule has 0 unspecified atom stereocenters. The molecule has 3 nitrogen and oxygen atoms in total. The summed E-state index contributed by atoms with van der Waals surface area (Å²) in [7, 11) is 0. The highest BCUT2D eigenvalue weighted by Gasteiger charge is 2.14. The number of imidazole rings is 1. The molecule has 0 radical (unpaired) electrons. The number of hydrogen-bond donors (Lipinski definition) is 0. The number of fused-ring (bicyclic) bond motifs is 1. The summed E-state index contributed by atoms with van der Waals surface area (Å²) in [5, 5.41) is 8.87. The topological polar surface area (TPSA) is 41.6 Å². The Bertz CT molecular complexity index is 831. The van der Waals surface area contributed by atoms with Crippen LogP contribution in [0.1, 0.15) is 11.4 Å². The molecule has 5 heteroatoms. The third-order valence-electron chi connectivity index (χ3n) is 3.28. The Morgan fingerprint density at radius 1 is 1.19 bits per heavy atom. The Balaban J connectivity index is 2.25. The van der Waals surface area contributed by atoms with Crippen LogP contribution in [0.25, 0.3) is 16.7 Å². The number of rotatable bonds is 3. The number of hydrogen-bond acceptors (Lipinski definition) is 2. The third-order valence-corrected chi connectivity index (χ3v) is 3.47. The molecule has 21 heavy (non-hydrogen) atoms. The van der Waals surface area contributed by atoms with Crippen molar-refractivity contribution in [3.05, 3.63) is 59.7 Å². The average molecular weight is 300 g/mol. The first-order valence-electron chi connectivity index (χ1n) is 6.47. The second-order valence-corrected chi connectivity index (χ2v) is 4.95. The van der Waals surface area contributed by atoms with Crippen LogP contribution < -0.4 is 0 Å². The number of aryl methyl sites for hydroxylation is 1. The highest BCUT2D eigenvalue weighted by atomic mass is 35.5. The summed E-state index contributed by atoms with van der Waals surface area (Å²) >= 11 is 5.82. The minimum Gasteiger partial charge on any atom is -0.296 e. The zero-order valence-electron chi connectivity index (χ0n) is 11.1. The van der Waals surface area contributed by atoms with Gasteiger partial charge in [-0.25, -0.2) is 9.37 Å². The molecular weight excluding hydrogens is 289 g/mol. The molecular formula is C16H11ClFN3. The highest BCUT2D eigenvalue weighted by Crippen LogP contribution is 2.24. The van der Waals surface area contributed by atoms with Crippen molar-refractivity contribution in [1.29, 1.82) is 5.26 Å². The molecule has 0 bridgehead atoms. The van der Waals surface area contributed by atoms with Crippen LogP contribution in [-0.4, -0.2) is 15.4 Å². The normalized spacial score (nSPS) is 10.7. The van der Waals surface area contributed by atoms with E-state index < -0.39 is 0 Å². The molecule has 0 atom stereocenters. The van der Waals surface area contributed by atoms with E-state index in [2.05, 4.69) is 11.1 Å². The van der Waals surface area contributed by atoms with Gasteiger partial charge in [0.1, 0.15) is 11.3 Å². The van der Waals surface area contributed by atoms with Crippen molar-refractivity contribution in [3.8, 4) is 11.8 Å². The lowest BCUT2D eigenvalue weighted by atomic mass is 10.2. The summed E-state index contributed by atoms with van der Waals surface area (Å²) in [5.41, 5.74) is 2.44. The van der Waals surface area contributed by atoms with Crippen LogP contribution >= 0.6 is 11.6 Å². The Hall–Kier alpha value is -2.38. The molecule has 0 aliphatic carbocycles. The Labute approximate surface area is 126 Å². The fourth-order valence-corrected chi connectivity index (χ4v) is 2.51. The van der Waals surface area contributed by atoms with Crippen molar-refractivity contribution in [2.24, 2.45) is 0 Å². The van der Waals surface area contributed by atoms with Gasteiger partial charge in [0.25, 0.3) is 0 Å². The predicted octanol–water partition coefficient (Wildman–Crippen LogP) is 3.82. The number of aromatic nitrogens is 2. The number of benzene rings is 2. The molecule has 1 aromatic heterocycles. The maximum absolute atomic E-state index is 13.9. The Morgan fingerprint density at radius 3 is 2.62 bits per heavy atom. The van der Waals surface area contributed by atoms with Gasteiger partial charge in [-0.1, -0.05) is 6.07 Å². The summed E-state index contributed by atoms with van der Waals surface area (Å²) in [6.45, 7) is 0. The van der Waals surface area contributed by atoms with Gasteiger partial charge < -0.3 is 0 Å². The standard InChI is InChI=1S/C16H11ClFN3/c17-9-8-15-20-16-13(18)2-1-3-14(16)21(15)12-6-4-11(10-19)5-7-12/h1-7H,8-9H2. The van der Waals surface area contributed by atoms with Crippen molar-refractivity contribution in [1.82, 2.24) is 9.55 Å². The van der Waals surface area contributed by atoms with Gasteiger partial charge in [0.2, 0.25) is 0 Å². The second kappa shape index (κ2) is 5.55. The summed E-state index contributed by atoms with van der Waals surface area (Å²) in [4.78, 5) is 4.36. The van der Waals surface area contributed by atoms with Gasteiger partial charge >= 0.3 is 0 Å². The monoisotopic (exact) mass is 299 g/mol. The lowest BCUT2D eigenvalue weighted by Crippen LogP contribution is -2.02. The lowest BCUT2D eigenvalue weighted by molar-refractivity contribution is 0.637. The highest BCUT2D eigenvalue weighted by molar-refractivity contribution is 6.17. The zero-order chi connectivity index (χ0) is 14.8. The zero-order valence-corrected chi connectivity index (χ0v) is 11.8. The number of nitriles is 1. The quantitative estimate of drug-likeness (QED) is 0.690. The molecule has 0 N–H and O–H groups in total. The maximum atomic E-state index is 13.9. The van der Waals surface area contributed by atoms with E-state index in [1.807, 2.05) is 22.8 Å². The first kappa shape index (κ1) is 13.6. The van der Waals surface area contributed by atoms with E-state index in [-0.39, 0.29) is 5.82 Å². The van der Waals surface area contributed by atoms with E-state index in [1.54, 1.807) is 18.2 Å². The number of para-hydroxylation sites is 1. The van der Waals surface area contributed by atoms with E-state index in [9.17, 15) is 4.39 Å². The number of alkyl halides is 1. The van der Waals surface area contributed by atoms with Crippen molar-refractivity contribution < 1.29 is 4.39 Å². The minimum atomic E-state index is -0.351. The first-order chi connectivity index (χ1) is 10.2. The molecule has 3 aromatic rings. The van der Waals surface area contributed by atoms with E-state index in [0.717, 1.165) is 5.69 Å². The van der Waals surface area contributed by atoms with Gasteiger partial charge in [-0.3, -0.25) is 4.57 Å². The average Bonchev–Trinajstić information content (AvgIpc) is 2.87. The van der Waals surface area contributed by atoms with Crippen molar-refractivity contribution in [2.45, 2.75) is 6.42 Å². The van der Waals surface area contributed by atoms with Crippen LogP contribution in [0.5, 0.6) is 0 Å². The van der Waals surface area contributed by atoms with E-state index in [1.165, 1.54) is 6.07 Å². The Morgan fingerprint density at radius 2 is 1.95 bits per heavy atom. The van der Waals surface area contributed by atoms with Gasteiger partial charge in [-0.15, -0.1) is 11.6 Å². The van der Waals surface area contributed by atoms with Gasteiger partial charge in [0.15, 0.2) is 5.82 Å². The molecule has 0 aliphatic heterocycles. The van der Waals surface area contributed by atoms with Crippen LogP contribution in [0, 0.1) is 17.1 Å². The summed E-state index contributed by atoms with van der Waals surface area (Å²) in [6, 6.07) is 14.0. The van der Waals surface area contributed by atoms with E-state index in [0.29, 0.717) is 34.7 Å². The fraction of sp³-hybridized carbons (Fsp3) is 0.125. The molecule has 104 valence electrons. The molecule has 3 rings (SSSR count). The lowest BCUT2D eigenvalue weighted by Gasteiger charge is -2.08. The molecule has 2 aromatic carbocycles.